The lowest BCUT2D eigenvalue weighted by Gasteiger charge is -2.21. The third kappa shape index (κ3) is 2.70. The number of carbonyl (C=O) groups is 1. The molecule has 1 aromatic rings. The molecule has 3 nitrogen and oxygen atoms in total. The Morgan fingerprint density at radius 1 is 1.37 bits per heavy atom. The fraction of sp³-hybridized carbons (Fsp3) is 0.250. The molecule has 1 aromatic carbocycles. The molecule has 1 aliphatic heterocycles. The van der Waals surface area contributed by atoms with Crippen LogP contribution in [0.25, 0.3) is 0 Å². The van der Waals surface area contributed by atoms with Crippen molar-refractivity contribution >= 4 is 23.4 Å². The topological polar surface area (TPSA) is 38.3 Å². The van der Waals surface area contributed by atoms with Gasteiger partial charge in [-0.15, -0.1) is 0 Å². The highest BCUT2D eigenvalue weighted by Gasteiger charge is 2.32. The summed E-state index contributed by atoms with van der Waals surface area (Å²) in [6, 6.07) is 3.36. The number of esters is 1. The molecule has 2 rings (SSSR count). The molecule has 0 spiro atoms. The van der Waals surface area contributed by atoms with Gasteiger partial charge in [0.25, 0.3) is 0 Å². The summed E-state index contributed by atoms with van der Waals surface area (Å²) in [6.07, 6.45) is -4.39. The van der Waals surface area contributed by atoms with Crippen molar-refractivity contribution in [1.82, 2.24) is 0 Å². The number of methoxy groups -OCH3 is 1. The van der Waals surface area contributed by atoms with Crippen molar-refractivity contribution in [2.75, 3.05) is 12.4 Å². The number of halogens is 3. The van der Waals surface area contributed by atoms with E-state index in [-0.39, 0.29) is 0 Å². The first-order chi connectivity index (χ1) is 8.82. The van der Waals surface area contributed by atoms with Gasteiger partial charge in [0.2, 0.25) is 0 Å². The molecule has 102 valence electrons. The van der Waals surface area contributed by atoms with E-state index in [0.717, 1.165) is 23.9 Å². The fourth-order valence-corrected chi connectivity index (χ4v) is 2.57. The summed E-state index contributed by atoms with van der Waals surface area (Å²) in [5.74, 6) is -0.513. The van der Waals surface area contributed by atoms with Crippen LogP contribution in [0.15, 0.2) is 33.7 Å². The largest absolute Gasteiger partial charge is 0.465 e. The number of anilines is 1. The van der Waals surface area contributed by atoms with Gasteiger partial charge < -0.3 is 10.1 Å². The van der Waals surface area contributed by atoms with Gasteiger partial charge in [-0.2, -0.15) is 13.2 Å². The molecule has 0 bridgehead atoms. The molecule has 0 atom stereocenters. The van der Waals surface area contributed by atoms with E-state index in [1.54, 1.807) is 6.92 Å². The first kappa shape index (κ1) is 13.8. The Bertz CT molecular complexity index is 567. The van der Waals surface area contributed by atoms with Crippen LogP contribution in [0.2, 0.25) is 0 Å². The lowest BCUT2D eigenvalue weighted by atomic mass is 10.2. The Morgan fingerprint density at radius 3 is 2.63 bits per heavy atom. The molecule has 0 unspecified atom stereocenters. The predicted molar refractivity (Wildman–Crippen MR) is 65.6 cm³/mol. The van der Waals surface area contributed by atoms with Gasteiger partial charge in [0.1, 0.15) is 4.91 Å². The molecule has 0 aliphatic carbocycles. The molecule has 0 radical (unpaired) electrons. The number of carbonyl (C=O) groups excluding carboxylic acids is 1. The molecule has 1 aliphatic rings. The second kappa shape index (κ2) is 4.80. The lowest BCUT2D eigenvalue weighted by Crippen LogP contribution is -2.14. The van der Waals surface area contributed by atoms with Gasteiger partial charge >= 0.3 is 12.1 Å². The van der Waals surface area contributed by atoms with Crippen LogP contribution in [-0.2, 0) is 15.7 Å². The Hall–Kier alpha value is -1.63. The molecule has 7 heteroatoms. The van der Waals surface area contributed by atoms with E-state index < -0.39 is 17.7 Å². The van der Waals surface area contributed by atoms with Crippen LogP contribution in [0.5, 0.6) is 0 Å². The number of thioether (sulfide) groups is 1. The zero-order valence-corrected chi connectivity index (χ0v) is 10.9. The van der Waals surface area contributed by atoms with Crippen LogP contribution in [0.4, 0.5) is 18.9 Å². The fourth-order valence-electron chi connectivity index (χ4n) is 1.63. The molecular weight excluding hydrogens is 279 g/mol. The van der Waals surface area contributed by atoms with Crippen molar-refractivity contribution < 1.29 is 22.7 Å². The Kier molecular flexibility index (Phi) is 3.49. The maximum Gasteiger partial charge on any atom is 0.416 e. The van der Waals surface area contributed by atoms with Crippen LogP contribution in [0.3, 0.4) is 0 Å². The van der Waals surface area contributed by atoms with Gasteiger partial charge in [-0.3, -0.25) is 0 Å². The summed E-state index contributed by atoms with van der Waals surface area (Å²) >= 11 is 1.09. The maximum absolute atomic E-state index is 12.6. The summed E-state index contributed by atoms with van der Waals surface area (Å²) in [5, 5.41) is 2.80. The normalized spacial score (nSPS) is 14.8. The molecule has 0 saturated carbocycles. The second-order valence-electron chi connectivity index (χ2n) is 3.88. The number of alkyl halides is 3. The van der Waals surface area contributed by atoms with E-state index in [4.69, 9.17) is 0 Å². The maximum atomic E-state index is 12.6. The second-order valence-corrected chi connectivity index (χ2v) is 4.93. The van der Waals surface area contributed by atoms with Gasteiger partial charge in [-0.25, -0.2) is 4.79 Å². The van der Waals surface area contributed by atoms with Crippen molar-refractivity contribution in [1.29, 1.82) is 0 Å². The Labute approximate surface area is 111 Å². The quantitative estimate of drug-likeness (QED) is 0.801. The number of benzene rings is 1. The number of allylic oxidation sites excluding steroid dienone is 1. The number of ether oxygens (including phenoxy) is 1. The Balaban J connectivity index is 2.37. The van der Waals surface area contributed by atoms with Crippen LogP contribution < -0.4 is 5.32 Å². The van der Waals surface area contributed by atoms with Gasteiger partial charge in [-0.1, -0.05) is 11.8 Å². The van der Waals surface area contributed by atoms with Gasteiger partial charge in [0, 0.05) is 10.6 Å². The Morgan fingerprint density at radius 2 is 2.05 bits per heavy atom. The highest BCUT2D eigenvalue weighted by molar-refractivity contribution is 8.04. The molecule has 0 fully saturated rings. The molecule has 0 saturated heterocycles. The summed E-state index contributed by atoms with van der Waals surface area (Å²) in [5.41, 5.74) is 0.0855. The van der Waals surface area contributed by atoms with Crippen molar-refractivity contribution in [2.24, 2.45) is 0 Å². The smallest absolute Gasteiger partial charge is 0.416 e. The third-order valence-electron chi connectivity index (χ3n) is 2.55. The van der Waals surface area contributed by atoms with Crippen molar-refractivity contribution in [3.8, 4) is 0 Å². The molecule has 1 N–H and O–H groups in total. The van der Waals surface area contributed by atoms with Crippen LogP contribution in [0.1, 0.15) is 12.5 Å². The average Bonchev–Trinajstić information content (AvgIpc) is 2.35. The number of rotatable bonds is 1. The van der Waals surface area contributed by atoms with Crippen molar-refractivity contribution in [3.63, 3.8) is 0 Å². The van der Waals surface area contributed by atoms with Crippen molar-refractivity contribution in [2.45, 2.75) is 18.0 Å². The van der Waals surface area contributed by atoms with Crippen LogP contribution >= 0.6 is 11.8 Å². The van der Waals surface area contributed by atoms with Crippen molar-refractivity contribution in [3.05, 3.63) is 34.4 Å². The van der Waals surface area contributed by atoms with E-state index in [0.29, 0.717) is 21.2 Å². The number of hydrogen-bond acceptors (Lipinski definition) is 4. The summed E-state index contributed by atoms with van der Waals surface area (Å²) < 4.78 is 42.4. The zero-order chi connectivity index (χ0) is 14.2. The minimum absolute atomic E-state index is 0.338. The number of fused-ring (bicyclic) bond motifs is 1. The summed E-state index contributed by atoms with van der Waals surface area (Å²) in [4.78, 5) is 12.4. The average molecular weight is 289 g/mol. The van der Waals surface area contributed by atoms with Crippen LogP contribution in [0, 0.1) is 0 Å². The lowest BCUT2D eigenvalue weighted by molar-refractivity contribution is -0.137. The monoisotopic (exact) mass is 289 g/mol. The SMILES string of the molecule is COC(=O)C1=C(C)Nc2cc(C(F)(F)F)ccc2S1. The zero-order valence-electron chi connectivity index (χ0n) is 10.1. The molecule has 19 heavy (non-hydrogen) atoms. The third-order valence-corrected chi connectivity index (χ3v) is 3.81. The standard InChI is InChI=1S/C12H10F3NO2S/c1-6-10(11(17)18-2)19-9-4-3-7(12(13,14)15)5-8(9)16-6/h3-5,16H,1-2H3. The van der Waals surface area contributed by atoms with Gasteiger partial charge in [-0.05, 0) is 25.1 Å². The summed E-state index contributed by atoms with van der Waals surface area (Å²) in [7, 11) is 1.26. The van der Waals surface area contributed by atoms with E-state index in [2.05, 4.69) is 10.1 Å². The number of hydrogen-bond donors (Lipinski definition) is 1. The highest BCUT2D eigenvalue weighted by Crippen LogP contribution is 2.42. The molecule has 1 heterocycles. The first-order valence-corrected chi connectivity index (χ1v) is 6.10. The minimum atomic E-state index is -4.39. The molecule has 0 amide bonds. The summed E-state index contributed by atoms with van der Waals surface area (Å²) in [6.45, 7) is 1.61. The number of nitrogens with one attached hydrogen (secondary N) is 1. The van der Waals surface area contributed by atoms with Crippen LogP contribution in [-0.4, -0.2) is 13.1 Å². The van der Waals surface area contributed by atoms with Gasteiger partial charge in [0.15, 0.2) is 0 Å². The van der Waals surface area contributed by atoms with E-state index in [1.165, 1.54) is 13.2 Å². The molecule has 0 aromatic heterocycles. The first-order valence-electron chi connectivity index (χ1n) is 5.28. The van der Waals surface area contributed by atoms with E-state index in [1.807, 2.05) is 0 Å². The molecular formula is C12H10F3NO2S. The van der Waals surface area contributed by atoms with Gasteiger partial charge in [0.05, 0.1) is 18.4 Å². The van der Waals surface area contributed by atoms with E-state index in [9.17, 15) is 18.0 Å². The predicted octanol–water partition coefficient (Wildman–Crippen LogP) is 3.63. The minimum Gasteiger partial charge on any atom is -0.465 e. The highest BCUT2D eigenvalue weighted by atomic mass is 32.2. The van der Waals surface area contributed by atoms with E-state index >= 15 is 0 Å².